The van der Waals surface area contributed by atoms with Crippen molar-refractivity contribution >= 4 is 17.7 Å². The highest BCUT2D eigenvalue weighted by atomic mass is 16.6. The lowest BCUT2D eigenvalue weighted by atomic mass is 9.69. The molecule has 0 saturated carbocycles. The summed E-state index contributed by atoms with van der Waals surface area (Å²) in [6, 6.07) is 3.36. The molecule has 9 nitrogen and oxygen atoms in total. The molecule has 2 aliphatic heterocycles. The quantitative estimate of drug-likeness (QED) is 0.407. The lowest BCUT2D eigenvalue weighted by Gasteiger charge is -2.41. The molecule has 0 radical (unpaired) electrons. The van der Waals surface area contributed by atoms with Gasteiger partial charge in [-0.15, -0.1) is 0 Å². The van der Waals surface area contributed by atoms with E-state index in [1.54, 1.807) is 25.3 Å². The standard InChI is InChI=1S/C29H39NO8/c1-15-12-16(2)29-14-20(9-10-21(29)13-23(35-6)28(34)36-24(15)19(5)32)26(38-29)25(17(3)18(4)31)37-27(33)22-8-7-11-30-22/h7-12,15,17-18,20-21,23-26,30-31H,13-14H2,1-6H3/b16-12+/t15-,17-,18+,20-,21?,23+,24+,25-,26-,29+/m1/s1. The first-order chi connectivity index (χ1) is 18.0. The van der Waals surface area contributed by atoms with Crippen molar-refractivity contribution in [2.45, 2.75) is 83.6 Å². The van der Waals surface area contributed by atoms with Crippen LogP contribution < -0.4 is 0 Å². The van der Waals surface area contributed by atoms with Crippen LogP contribution in [0.15, 0.2) is 42.1 Å². The summed E-state index contributed by atoms with van der Waals surface area (Å²) in [4.78, 5) is 41.2. The number of rotatable bonds is 7. The summed E-state index contributed by atoms with van der Waals surface area (Å²) in [5.74, 6) is -2.44. The van der Waals surface area contributed by atoms with Crippen molar-refractivity contribution in [2.75, 3.05) is 7.11 Å². The Kier molecular flexibility index (Phi) is 8.30. The van der Waals surface area contributed by atoms with E-state index in [2.05, 4.69) is 17.1 Å². The average molecular weight is 530 g/mol. The molecule has 1 saturated heterocycles. The number of cyclic esters (lactones) is 1. The van der Waals surface area contributed by atoms with Gasteiger partial charge >= 0.3 is 11.9 Å². The van der Waals surface area contributed by atoms with E-state index in [1.165, 1.54) is 14.0 Å². The highest BCUT2D eigenvalue weighted by molar-refractivity contribution is 5.87. The van der Waals surface area contributed by atoms with E-state index in [1.807, 2.05) is 26.8 Å². The zero-order chi connectivity index (χ0) is 27.8. The van der Waals surface area contributed by atoms with Gasteiger partial charge in [0.25, 0.3) is 0 Å². The number of ether oxygens (including phenoxy) is 4. The molecule has 2 bridgehead atoms. The number of aromatic amines is 1. The van der Waals surface area contributed by atoms with Gasteiger partial charge in [0.15, 0.2) is 18.0 Å². The van der Waals surface area contributed by atoms with E-state index < -0.39 is 54.0 Å². The molecule has 10 atom stereocenters. The molecule has 1 unspecified atom stereocenters. The normalized spacial score (nSPS) is 36.7. The van der Waals surface area contributed by atoms with Gasteiger partial charge in [-0.3, -0.25) is 4.79 Å². The number of carbonyl (C=O) groups is 3. The van der Waals surface area contributed by atoms with Gasteiger partial charge in [0.05, 0.1) is 11.7 Å². The lowest BCUT2D eigenvalue weighted by molar-refractivity contribution is -0.169. The SMILES string of the molecule is CO[C@H]1CC2C=C[C@@H]3C[C@]2(O[C@H]3[C@H](OC(=O)c2ccc[nH]2)[C@H](C)[C@H](C)O)/C(C)=C/[C@@H](C)[C@@H](C(C)=O)OC1=O. The minimum absolute atomic E-state index is 0.0907. The van der Waals surface area contributed by atoms with Gasteiger partial charge in [-0.1, -0.05) is 32.1 Å². The molecule has 1 aromatic heterocycles. The number of methoxy groups -OCH3 is 1. The van der Waals surface area contributed by atoms with Crippen molar-refractivity contribution < 1.29 is 38.4 Å². The summed E-state index contributed by atoms with van der Waals surface area (Å²) < 4.78 is 24.0. The molecule has 2 N–H and O–H groups in total. The van der Waals surface area contributed by atoms with Crippen LogP contribution in [0.25, 0.3) is 0 Å². The van der Waals surface area contributed by atoms with Crippen LogP contribution in [0.1, 0.15) is 57.9 Å². The average Bonchev–Trinajstić information content (AvgIpc) is 3.51. The Hall–Kier alpha value is -2.75. The second-order valence-electron chi connectivity index (χ2n) is 11.0. The fourth-order valence-corrected chi connectivity index (χ4v) is 6.12. The predicted molar refractivity (Wildman–Crippen MR) is 138 cm³/mol. The van der Waals surface area contributed by atoms with Gasteiger partial charge in [-0.2, -0.15) is 0 Å². The van der Waals surface area contributed by atoms with E-state index in [0.29, 0.717) is 18.5 Å². The summed E-state index contributed by atoms with van der Waals surface area (Å²) in [5, 5.41) is 10.5. The summed E-state index contributed by atoms with van der Waals surface area (Å²) in [6.07, 6.45) is 4.81. The zero-order valence-corrected chi connectivity index (χ0v) is 22.9. The predicted octanol–water partition coefficient (Wildman–Crippen LogP) is 3.39. The number of aromatic nitrogens is 1. The number of aliphatic hydroxyl groups is 1. The molecule has 0 amide bonds. The maximum absolute atomic E-state index is 13.0. The Morgan fingerprint density at radius 2 is 2.00 bits per heavy atom. The molecule has 0 aromatic carbocycles. The molecule has 1 fully saturated rings. The minimum atomic E-state index is -0.931. The summed E-state index contributed by atoms with van der Waals surface area (Å²) in [6.45, 7) is 8.74. The van der Waals surface area contributed by atoms with Crippen LogP contribution >= 0.6 is 0 Å². The zero-order valence-electron chi connectivity index (χ0n) is 22.9. The number of esters is 2. The molecule has 1 aliphatic carbocycles. The van der Waals surface area contributed by atoms with Crippen molar-refractivity contribution in [3.05, 3.63) is 47.8 Å². The van der Waals surface area contributed by atoms with E-state index in [-0.39, 0.29) is 23.5 Å². The van der Waals surface area contributed by atoms with Gasteiger partial charge in [0.2, 0.25) is 0 Å². The number of nitrogens with one attached hydrogen (secondary N) is 1. The van der Waals surface area contributed by atoms with Crippen LogP contribution in [-0.2, 0) is 28.5 Å². The molecule has 38 heavy (non-hydrogen) atoms. The fraction of sp³-hybridized carbons (Fsp3) is 0.621. The Morgan fingerprint density at radius 1 is 1.26 bits per heavy atom. The number of hydrogen-bond acceptors (Lipinski definition) is 8. The Balaban J connectivity index is 1.73. The second-order valence-corrected chi connectivity index (χ2v) is 11.0. The first-order valence-corrected chi connectivity index (χ1v) is 13.3. The highest BCUT2D eigenvalue weighted by Gasteiger charge is 2.57. The van der Waals surface area contributed by atoms with Crippen molar-refractivity contribution in [3.8, 4) is 0 Å². The molecule has 4 rings (SSSR count). The van der Waals surface area contributed by atoms with Gasteiger partial charge in [0, 0.05) is 37.0 Å². The Morgan fingerprint density at radius 3 is 2.61 bits per heavy atom. The second kappa shape index (κ2) is 11.2. The maximum Gasteiger partial charge on any atom is 0.355 e. The number of Topliss-reactive ketones (excluding diaryl/α,β-unsaturated/α-hetero) is 1. The van der Waals surface area contributed by atoms with Crippen LogP contribution in [0.2, 0.25) is 0 Å². The molecule has 3 aliphatic rings. The number of aliphatic hydroxyl groups excluding tert-OH is 1. The number of carbonyl (C=O) groups excluding carboxylic acids is 3. The molecule has 3 heterocycles. The molecule has 208 valence electrons. The monoisotopic (exact) mass is 529 g/mol. The van der Waals surface area contributed by atoms with E-state index in [0.717, 1.165) is 5.57 Å². The molecule has 9 heteroatoms. The van der Waals surface area contributed by atoms with Crippen molar-refractivity contribution in [3.63, 3.8) is 0 Å². The van der Waals surface area contributed by atoms with Crippen LogP contribution in [-0.4, -0.2) is 71.0 Å². The molecular formula is C29H39NO8. The molecule has 1 aromatic rings. The first kappa shape index (κ1) is 28.3. The number of ketones is 1. The summed E-state index contributed by atoms with van der Waals surface area (Å²) >= 11 is 0. The Labute approximate surface area is 223 Å². The van der Waals surface area contributed by atoms with Crippen LogP contribution in [0.4, 0.5) is 0 Å². The van der Waals surface area contributed by atoms with E-state index in [9.17, 15) is 19.5 Å². The van der Waals surface area contributed by atoms with Crippen LogP contribution in [0.5, 0.6) is 0 Å². The molecule has 1 spiro atoms. The van der Waals surface area contributed by atoms with Gasteiger partial charge in [-0.05, 0) is 51.3 Å². The summed E-state index contributed by atoms with van der Waals surface area (Å²) in [5.41, 5.74) is 0.439. The first-order valence-electron chi connectivity index (χ1n) is 13.3. The fourth-order valence-electron chi connectivity index (χ4n) is 6.12. The van der Waals surface area contributed by atoms with Crippen molar-refractivity contribution in [1.29, 1.82) is 0 Å². The third kappa shape index (κ3) is 5.24. The van der Waals surface area contributed by atoms with Crippen molar-refractivity contribution in [1.82, 2.24) is 4.98 Å². The van der Waals surface area contributed by atoms with Gasteiger partial charge < -0.3 is 29.0 Å². The lowest BCUT2D eigenvalue weighted by Crippen LogP contribution is -2.47. The smallest absolute Gasteiger partial charge is 0.355 e. The van der Waals surface area contributed by atoms with Gasteiger partial charge in [-0.25, -0.2) is 9.59 Å². The van der Waals surface area contributed by atoms with E-state index in [4.69, 9.17) is 18.9 Å². The molecular weight excluding hydrogens is 490 g/mol. The maximum atomic E-state index is 13.0. The van der Waals surface area contributed by atoms with Crippen LogP contribution in [0.3, 0.4) is 0 Å². The number of H-pyrrole nitrogens is 1. The summed E-state index contributed by atoms with van der Waals surface area (Å²) in [7, 11) is 1.45. The minimum Gasteiger partial charge on any atom is -0.455 e. The Bertz CT molecular complexity index is 1090. The third-order valence-electron chi connectivity index (χ3n) is 8.48. The number of hydrogen-bond donors (Lipinski definition) is 2. The largest absolute Gasteiger partial charge is 0.455 e. The third-order valence-corrected chi connectivity index (χ3v) is 8.48. The van der Waals surface area contributed by atoms with Crippen molar-refractivity contribution in [2.24, 2.45) is 23.7 Å². The van der Waals surface area contributed by atoms with E-state index >= 15 is 0 Å². The van der Waals surface area contributed by atoms with Crippen LogP contribution in [0, 0.1) is 23.7 Å². The topological polar surface area (TPSA) is 124 Å². The van der Waals surface area contributed by atoms with Gasteiger partial charge in [0.1, 0.15) is 17.9 Å². The highest BCUT2D eigenvalue weighted by Crippen LogP contribution is 2.53. The number of fused-ring (bicyclic) bond motifs is 1.